The monoisotopic (exact) mass is 392 g/mol. The molecule has 0 saturated heterocycles. The molecule has 0 fully saturated rings. The van der Waals surface area contributed by atoms with Gasteiger partial charge in [0.1, 0.15) is 5.82 Å². The molecule has 0 saturated carbocycles. The number of fused-ring (bicyclic) bond motifs is 1. The Morgan fingerprint density at radius 3 is 2.67 bits per heavy atom. The van der Waals surface area contributed by atoms with Gasteiger partial charge in [0.05, 0.1) is 31.7 Å². The van der Waals surface area contributed by atoms with E-state index in [4.69, 9.17) is 9.47 Å². The van der Waals surface area contributed by atoms with Gasteiger partial charge in [-0.2, -0.15) is 4.52 Å². The molecule has 146 valence electrons. The first kappa shape index (κ1) is 19.4. The number of ether oxygens (including phenoxy) is 2. The number of aliphatic hydroxyl groups excluding tert-OH is 1. The highest BCUT2D eigenvalue weighted by atomic mass is 32.1. The van der Waals surface area contributed by atoms with Crippen LogP contribution in [-0.2, 0) is 0 Å². The summed E-state index contributed by atoms with van der Waals surface area (Å²) >= 11 is 1.37. The van der Waals surface area contributed by atoms with Crippen LogP contribution in [0.5, 0.6) is 17.4 Å². The number of benzene rings is 1. The minimum absolute atomic E-state index is 0.00272. The summed E-state index contributed by atoms with van der Waals surface area (Å²) in [5.74, 6) is 1.84. The summed E-state index contributed by atoms with van der Waals surface area (Å²) in [6, 6.07) is 5.30. The average Bonchev–Trinajstić information content (AvgIpc) is 3.18. The van der Waals surface area contributed by atoms with E-state index in [0.717, 1.165) is 5.56 Å². The van der Waals surface area contributed by atoms with Crippen LogP contribution in [0.1, 0.15) is 29.2 Å². The zero-order chi connectivity index (χ0) is 19.6. The van der Waals surface area contributed by atoms with Gasteiger partial charge in [0, 0.05) is 12.1 Å². The molecule has 0 aliphatic carbocycles. The number of rotatable bonds is 8. The SMILES string of the molecule is CCN(CCO)C(c1cccc(OC)c1OC)c1sc2nc(C)nn2c1O. The minimum atomic E-state index is -0.346. The number of hydrogen-bond acceptors (Lipinski definition) is 8. The van der Waals surface area contributed by atoms with Gasteiger partial charge in [-0.3, -0.25) is 4.90 Å². The molecule has 8 nitrogen and oxygen atoms in total. The number of aryl methyl sites for hydroxylation is 1. The second kappa shape index (κ2) is 8.12. The van der Waals surface area contributed by atoms with Gasteiger partial charge in [-0.25, -0.2) is 4.98 Å². The molecule has 0 radical (unpaired) electrons. The normalized spacial score (nSPS) is 12.7. The van der Waals surface area contributed by atoms with Crippen LogP contribution in [-0.4, -0.2) is 63.6 Å². The third-order valence-electron chi connectivity index (χ3n) is 4.44. The Morgan fingerprint density at radius 2 is 2.07 bits per heavy atom. The van der Waals surface area contributed by atoms with Crippen LogP contribution >= 0.6 is 11.3 Å². The van der Waals surface area contributed by atoms with Gasteiger partial charge in [-0.15, -0.1) is 5.10 Å². The number of para-hydroxylation sites is 1. The predicted octanol–water partition coefficient (Wildman–Crippen LogP) is 2.23. The van der Waals surface area contributed by atoms with Gasteiger partial charge in [0.2, 0.25) is 10.8 Å². The number of aromatic nitrogens is 3. The van der Waals surface area contributed by atoms with Gasteiger partial charge in [0.25, 0.3) is 0 Å². The molecule has 9 heteroatoms. The molecule has 0 aliphatic heterocycles. The third kappa shape index (κ3) is 3.45. The average molecular weight is 392 g/mol. The first-order valence-electron chi connectivity index (χ1n) is 8.66. The van der Waals surface area contributed by atoms with E-state index in [0.29, 0.717) is 40.3 Å². The smallest absolute Gasteiger partial charge is 0.230 e. The first-order chi connectivity index (χ1) is 13.0. The number of thiazole rings is 1. The lowest BCUT2D eigenvalue weighted by atomic mass is 10.0. The Hall–Kier alpha value is -2.36. The molecule has 3 rings (SSSR count). The fraction of sp³-hybridized carbons (Fsp3) is 0.444. The van der Waals surface area contributed by atoms with Crippen LogP contribution in [0.15, 0.2) is 18.2 Å². The second-order valence-corrected chi connectivity index (χ2v) is 6.99. The van der Waals surface area contributed by atoms with E-state index in [1.807, 2.05) is 25.1 Å². The molecule has 2 aromatic heterocycles. The molecular weight excluding hydrogens is 368 g/mol. The highest BCUT2D eigenvalue weighted by molar-refractivity contribution is 7.17. The van der Waals surface area contributed by atoms with Gasteiger partial charge in [-0.05, 0) is 19.5 Å². The van der Waals surface area contributed by atoms with E-state index in [-0.39, 0.29) is 18.5 Å². The Labute approximate surface area is 161 Å². The van der Waals surface area contributed by atoms with Gasteiger partial charge in [0.15, 0.2) is 11.5 Å². The van der Waals surface area contributed by atoms with Crippen molar-refractivity contribution in [1.82, 2.24) is 19.5 Å². The van der Waals surface area contributed by atoms with Crippen molar-refractivity contribution in [3.8, 4) is 17.4 Å². The summed E-state index contributed by atoms with van der Waals surface area (Å²) < 4.78 is 12.5. The number of aliphatic hydroxyl groups is 1. The Bertz CT molecular complexity index is 924. The molecule has 3 aromatic rings. The molecule has 2 N–H and O–H groups in total. The molecule has 1 atom stereocenters. The molecule has 0 bridgehead atoms. The zero-order valence-corrected chi connectivity index (χ0v) is 16.7. The highest BCUT2D eigenvalue weighted by Gasteiger charge is 2.31. The lowest BCUT2D eigenvalue weighted by Gasteiger charge is -2.31. The molecule has 0 spiro atoms. The summed E-state index contributed by atoms with van der Waals surface area (Å²) in [5, 5.41) is 24.7. The Balaban J connectivity index is 2.23. The van der Waals surface area contributed by atoms with Crippen molar-refractivity contribution >= 4 is 16.3 Å². The van der Waals surface area contributed by atoms with E-state index >= 15 is 0 Å². The predicted molar refractivity (Wildman–Crippen MR) is 103 cm³/mol. The topological polar surface area (TPSA) is 92.4 Å². The Morgan fingerprint density at radius 1 is 1.30 bits per heavy atom. The van der Waals surface area contributed by atoms with Crippen molar-refractivity contribution in [2.45, 2.75) is 19.9 Å². The number of nitrogens with zero attached hydrogens (tertiary/aromatic N) is 4. The third-order valence-corrected chi connectivity index (χ3v) is 5.51. The van der Waals surface area contributed by atoms with Gasteiger partial charge < -0.3 is 19.7 Å². The number of aromatic hydroxyl groups is 1. The van der Waals surface area contributed by atoms with E-state index in [1.165, 1.54) is 15.9 Å². The van der Waals surface area contributed by atoms with Gasteiger partial charge >= 0.3 is 0 Å². The highest BCUT2D eigenvalue weighted by Crippen LogP contribution is 2.45. The lowest BCUT2D eigenvalue weighted by Crippen LogP contribution is -2.32. The lowest BCUT2D eigenvalue weighted by molar-refractivity contribution is 0.172. The van der Waals surface area contributed by atoms with Crippen molar-refractivity contribution in [2.75, 3.05) is 33.9 Å². The van der Waals surface area contributed by atoms with Crippen molar-refractivity contribution in [1.29, 1.82) is 0 Å². The molecule has 27 heavy (non-hydrogen) atoms. The summed E-state index contributed by atoms with van der Waals surface area (Å²) in [4.78, 5) is 7.73. The van der Waals surface area contributed by atoms with Crippen LogP contribution in [0.25, 0.3) is 4.96 Å². The molecule has 0 aliphatic rings. The van der Waals surface area contributed by atoms with E-state index in [9.17, 15) is 10.2 Å². The maximum absolute atomic E-state index is 10.8. The fourth-order valence-electron chi connectivity index (χ4n) is 3.26. The quantitative estimate of drug-likeness (QED) is 0.607. The van der Waals surface area contributed by atoms with Crippen molar-refractivity contribution in [3.05, 3.63) is 34.5 Å². The number of likely N-dealkylation sites (N-methyl/N-ethyl adjacent to an activating group) is 1. The Kier molecular flexibility index (Phi) is 5.83. The number of hydrogen-bond donors (Lipinski definition) is 2. The second-order valence-electron chi connectivity index (χ2n) is 5.98. The van der Waals surface area contributed by atoms with Gasteiger partial charge in [-0.1, -0.05) is 30.4 Å². The molecule has 1 unspecified atom stereocenters. The molecule has 2 heterocycles. The zero-order valence-electron chi connectivity index (χ0n) is 15.8. The summed E-state index contributed by atoms with van der Waals surface area (Å²) in [7, 11) is 3.18. The van der Waals surface area contributed by atoms with E-state index < -0.39 is 0 Å². The standard InChI is InChI=1S/C18H24N4O4S/c1-5-21(9-10-23)14(12-7-6-8-13(25-3)15(12)26-4)16-17(24)22-18(27-16)19-11(2)20-22/h6-8,14,23-24H,5,9-10H2,1-4H3. The maximum Gasteiger partial charge on any atom is 0.230 e. The molecular formula is C18H24N4O4S. The first-order valence-corrected chi connectivity index (χ1v) is 9.48. The van der Waals surface area contributed by atoms with Crippen LogP contribution in [0.4, 0.5) is 0 Å². The molecule has 0 amide bonds. The van der Waals surface area contributed by atoms with E-state index in [1.54, 1.807) is 21.1 Å². The van der Waals surface area contributed by atoms with Crippen molar-refractivity contribution in [2.24, 2.45) is 0 Å². The summed E-state index contributed by atoms with van der Waals surface area (Å²) in [5.41, 5.74) is 0.837. The summed E-state index contributed by atoms with van der Waals surface area (Å²) in [6.45, 7) is 4.89. The van der Waals surface area contributed by atoms with Crippen LogP contribution in [0.2, 0.25) is 0 Å². The van der Waals surface area contributed by atoms with Crippen molar-refractivity contribution in [3.63, 3.8) is 0 Å². The largest absolute Gasteiger partial charge is 0.493 e. The van der Waals surface area contributed by atoms with Crippen LogP contribution < -0.4 is 9.47 Å². The van der Waals surface area contributed by atoms with Crippen molar-refractivity contribution < 1.29 is 19.7 Å². The molecule has 1 aromatic carbocycles. The van der Waals surface area contributed by atoms with Crippen LogP contribution in [0.3, 0.4) is 0 Å². The maximum atomic E-state index is 10.8. The van der Waals surface area contributed by atoms with Crippen LogP contribution in [0, 0.1) is 6.92 Å². The summed E-state index contributed by atoms with van der Waals surface area (Å²) in [6.07, 6.45) is 0. The minimum Gasteiger partial charge on any atom is -0.493 e. The fourth-order valence-corrected chi connectivity index (χ4v) is 4.41. The van der Waals surface area contributed by atoms with E-state index in [2.05, 4.69) is 15.0 Å². The number of methoxy groups -OCH3 is 2.